The molecule has 1 amide bonds. The molecule has 0 atom stereocenters. The van der Waals surface area contributed by atoms with Gasteiger partial charge < -0.3 is 9.73 Å². The van der Waals surface area contributed by atoms with Gasteiger partial charge in [0.1, 0.15) is 12.1 Å². The topological polar surface area (TPSA) is 72.2 Å². The summed E-state index contributed by atoms with van der Waals surface area (Å²) in [4.78, 5) is 25.6. The molecule has 7 heteroatoms. The van der Waals surface area contributed by atoms with E-state index in [1.807, 2.05) is 0 Å². The Balaban J connectivity index is 2.15. The Kier molecular flexibility index (Phi) is 3.38. The average Bonchev–Trinajstić information content (AvgIpc) is 2.82. The number of anilines is 1. The van der Waals surface area contributed by atoms with Gasteiger partial charge in [-0.1, -0.05) is 11.6 Å². The number of hydrogen-bond donors (Lipinski definition) is 1. The van der Waals surface area contributed by atoms with Crippen molar-refractivity contribution in [2.45, 2.75) is 0 Å². The number of aromatic nitrogens is 1. The van der Waals surface area contributed by atoms with Gasteiger partial charge in [-0.2, -0.15) is 0 Å². The lowest BCUT2D eigenvalue weighted by Crippen LogP contribution is -2.12. The number of carbonyl (C=O) groups is 2. The first-order valence-corrected chi connectivity index (χ1v) is 5.15. The molecular formula is C11H6ClFN2O3. The van der Waals surface area contributed by atoms with Crippen molar-refractivity contribution in [2.24, 2.45) is 0 Å². The number of hydrogen-bond acceptors (Lipinski definition) is 4. The van der Waals surface area contributed by atoms with Crippen molar-refractivity contribution < 1.29 is 18.4 Å². The van der Waals surface area contributed by atoms with Gasteiger partial charge in [0.25, 0.3) is 11.8 Å². The van der Waals surface area contributed by atoms with Gasteiger partial charge in [-0.3, -0.25) is 9.59 Å². The Morgan fingerprint density at radius 2 is 2.28 bits per heavy atom. The molecule has 0 radical (unpaired) electrons. The van der Waals surface area contributed by atoms with Crippen LogP contribution in [0, 0.1) is 5.82 Å². The monoisotopic (exact) mass is 268 g/mol. The third-order valence-corrected chi connectivity index (χ3v) is 2.32. The summed E-state index contributed by atoms with van der Waals surface area (Å²) >= 11 is 5.56. The molecule has 1 heterocycles. The van der Waals surface area contributed by atoms with E-state index in [1.165, 1.54) is 12.1 Å². The average molecular weight is 269 g/mol. The summed E-state index contributed by atoms with van der Waals surface area (Å²) in [5, 5.41) is 2.33. The molecule has 0 saturated heterocycles. The van der Waals surface area contributed by atoms with E-state index in [2.05, 4.69) is 14.7 Å². The van der Waals surface area contributed by atoms with Crippen LogP contribution in [0.15, 0.2) is 28.9 Å². The van der Waals surface area contributed by atoms with Crippen molar-refractivity contribution in [3.8, 4) is 0 Å². The van der Waals surface area contributed by atoms with E-state index < -0.39 is 11.7 Å². The van der Waals surface area contributed by atoms with E-state index in [0.717, 1.165) is 12.3 Å². The predicted octanol–water partition coefficient (Wildman–Crippen LogP) is 2.53. The Bertz CT molecular complexity index is 612. The fourth-order valence-electron chi connectivity index (χ4n) is 1.22. The lowest BCUT2D eigenvalue weighted by Gasteiger charge is -2.03. The molecule has 0 aliphatic rings. The Morgan fingerprint density at radius 3 is 2.89 bits per heavy atom. The van der Waals surface area contributed by atoms with Crippen molar-refractivity contribution >= 4 is 29.5 Å². The molecule has 0 spiro atoms. The second kappa shape index (κ2) is 4.97. The first-order valence-electron chi connectivity index (χ1n) is 4.77. The van der Waals surface area contributed by atoms with E-state index in [9.17, 15) is 14.0 Å². The number of benzene rings is 1. The zero-order chi connectivity index (χ0) is 13.1. The van der Waals surface area contributed by atoms with E-state index in [0.29, 0.717) is 12.0 Å². The molecule has 0 aliphatic heterocycles. The minimum absolute atomic E-state index is 0.0578. The van der Waals surface area contributed by atoms with Crippen LogP contribution in [0.2, 0.25) is 5.02 Å². The molecule has 1 aromatic heterocycles. The maximum atomic E-state index is 12.9. The van der Waals surface area contributed by atoms with Crippen LogP contribution in [0.3, 0.4) is 0 Å². The van der Waals surface area contributed by atoms with Crippen LogP contribution in [0.1, 0.15) is 21.2 Å². The van der Waals surface area contributed by atoms with Crippen LogP contribution in [0.4, 0.5) is 10.1 Å². The summed E-state index contributed by atoms with van der Waals surface area (Å²) in [6.45, 7) is 0. The number of nitrogens with one attached hydrogen (secondary N) is 1. The second-order valence-corrected chi connectivity index (χ2v) is 3.68. The first kappa shape index (κ1) is 12.3. The van der Waals surface area contributed by atoms with Crippen LogP contribution >= 0.6 is 11.6 Å². The van der Waals surface area contributed by atoms with Crippen LogP contribution in [-0.2, 0) is 0 Å². The standard InChI is InChI=1S/C11H6ClFN2O3/c12-7-3-6(1-2-8(7)13)14-11(17)9-5-18-10(4-16)15-9/h1-5H,(H,14,17). The zero-order valence-corrected chi connectivity index (χ0v) is 9.57. The van der Waals surface area contributed by atoms with Crippen molar-refractivity contribution in [3.05, 3.63) is 46.9 Å². The molecular weight excluding hydrogens is 263 g/mol. The van der Waals surface area contributed by atoms with Gasteiger partial charge >= 0.3 is 0 Å². The van der Waals surface area contributed by atoms with Crippen LogP contribution in [-0.4, -0.2) is 17.2 Å². The number of halogens is 2. The van der Waals surface area contributed by atoms with Gasteiger partial charge in [0, 0.05) is 5.69 Å². The maximum Gasteiger partial charge on any atom is 0.277 e. The highest BCUT2D eigenvalue weighted by Crippen LogP contribution is 2.19. The van der Waals surface area contributed by atoms with Gasteiger partial charge in [-0.25, -0.2) is 9.37 Å². The maximum absolute atomic E-state index is 12.9. The highest BCUT2D eigenvalue weighted by molar-refractivity contribution is 6.31. The molecule has 92 valence electrons. The number of amides is 1. The number of aldehydes is 1. The summed E-state index contributed by atoms with van der Waals surface area (Å²) in [7, 11) is 0. The summed E-state index contributed by atoms with van der Waals surface area (Å²) in [5.41, 5.74) is 0.250. The van der Waals surface area contributed by atoms with Crippen LogP contribution in [0.25, 0.3) is 0 Å². The third-order valence-electron chi connectivity index (χ3n) is 2.03. The van der Waals surface area contributed by atoms with E-state index in [-0.39, 0.29) is 16.6 Å². The van der Waals surface area contributed by atoms with Crippen molar-refractivity contribution in [1.29, 1.82) is 0 Å². The summed E-state index contributed by atoms with van der Waals surface area (Å²) < 4.78 is 17.6. The lowest BCUT2D eigenvalue weighted by molar-refractivity contribution is 0.102. The van der Waals surface area contributed by atoms with E-state index in [4.69, 9.17) is 11.6 Å². The van der Waals surface area contributed by atoms with Crippen molar-refractivity contribution in [3.63, 3.8) is 0 Å². The molecule has 18 heavy (non-hydrogen) atoms. The lowest BCUT2D eigenvalue weighted by atomic mass is 10.3. The molecule has 0 bridgehead atoms. The Morgan fingerprint density at radius 1 is 1.50 bits per heavy atom. The highest BCUT2D eigenvalue weighted by Gasteiger charge is 2.12. The third kappa shape index (κ3) is 2.54. The van der Waals surface area contributed by atoms with Crippen molar-refractivity contribution in [2.75, 3.05) is 5.32 Å². The Hall–Kier alpha value is -2.21. The molecule has 1 N–H and O–H groups in total. The summed E-state index contributed by atoms with van der Waals surface area (Å²) in [6, 6.07) is 3.73. The van der Waals surface area contributed by atoms with Gasteiger partial charge in [0.05, 0.1) is 5.02 Å². The van der Waals surface area contributed by atoms with E-state index in [1.54, 1.807) is 0 Å². The SMILES string of the molecule is O=Cc1nc(C(=O)Nc2ccc(F)c(Cl)c2)co1. The van der Waals surface area contributed by atoms with Crippen molar-refractivity contribution in [1.82, 2.24) is 4.98 Å². The molecule has 0 saturated carbocycles. The quantitative estimate of drug-likeness (QED) is 0.868. The molecule has 5 nitrogen and oxygen atoms in total. The zero-order valence-electron chi connectivity index (χ0n) is 8.81. The predicted molar refractivity (Wildman–Crippen MR) is 61.3 cm³/mol. The van der Waals surface area contributed by atoms with Gasteiger partial charge in [-0.05, 0) is 18.2 Å². The Labute approximate surface area is 106 Å². The fraction of sp³-hybridized carbons (Fsp3) is 0. The molecule has 0 unspecified atom stereocenters. The van der Waals surface area contributed by atoms with Gasteiger partial charge in [0.2, 0.25) is 6.29 Å². The first-order chi connectivity index (χ1) is 8.60. The number of rotatable bonds is 3. The second-order valence-electron chi connectivity index (χ2n) is 3.27. The molecule has 0 fully saturated rings. The molecule has 1 aromatic carbocycles. The van der Waals surface area contributed by atoms with Crippen LogP contribution < -0.4 is 5.32 Å². The minimum atomic E-state index is -0.588. The van der Waals surface area contributed by atoms with E-state index >= 15 is 0 Å². The smallest absolute Gasteiger partial charge is 0.277 e. The largest absolute Gasteiger partial charge is 0.442 e. The fourth-order valence-corrected chi connectivity index (χ4v) is 1.40. The number of oxazole rings is 1. The summed E-state index contributed by atoms with van der Waals surface area (Å²) in [6.07, 6.45) is 1.43. The highest BCUT2D eigenvalue weighted by atomic mass is 35.5. The summed E-state index contributed by atoms with van der Waals surface area (Å²) in [5.74, 6) is -1.37. The number of carbonyl (C=O) groups excluding carboxylic acids is 2. The van der Waals surface area contributed by atoms with Gasteiger partial charge in [0.15, 0.2) is 5.69 Å². The molecule has 2 rings (SSSR count). The van der Waals surface area contributed by atoms with Gasteiger partial charge in [-0.15, -0.1) is 0 Å². The normalized spacial score (nSPS) is 10.1. The minimum Gasteiger partial charge on any atom is -0.442 e. The molecule has 0 aliphatic carbocycles. The van der Waals surface area contributed by atoms with Crippen LogP contribution in [0.5, 0.6) is 0 Å². The number of nitrogens with zero attached hydrogens (tertiary/aromatic N) is 1. The molecule has 2 aromatic rings.